The van der Waals surface area contributed by atoms with E-state index in [2.05, 4.69) is 33.9 Å². The fourth-order valence-electron chi connectivity index (χ4n) is 2.58. The van der Waals surface area contributed by atoms with Gasteiger partial charge in [-0.15, -0.1) is 0 Å². The van der Waals surface area contributed by atoms with Gasteiger partial charge in [0.05, 0.1) is 12.2 Å². The lowest BCUT2D eigenvalue weighted by molar-refractivity contribution is -0.170. The van der Waals surface area contributed by atoms with Gasteiger partial charge >= 0.3 is 0 Å². The molecule has 0 aromatic carbocycles. The molecule has 1 heterocycles. The summed E-state index contributed by atoms with van der Waals surface area (Å²) < 4.78 is 18.1. The Bertz CT molecular complexity index is 348. The quantitative estimate of drug-likeness (QED) is 0.794. The minimum Gasteiger partial charge on any atom is -0.411 e. The summed E-state index contributed by atoms with van der Waals surface area (Å²) in [5.74, 6) is -0.619. The standard InChI is InChI=1S/C14H28O4Si/c1-13(2,3)19(6,7)18-10-8-9(15)11-12(10)17-14(4,5)16-11/h9-12,15H,8H2,1-7H3/t9-,10-,11-,12+/m1/s1. The highest BCUT2D eigenvalue weighted by molar-refractivity contribution is 6.74. The first-order chi connectivity index (χ1) is 8.43. The van der Waals surface area contributed by atoms with E-state index in [0.29, 0.717) is 6.42 Å². The zero-order valence-corrected chi connectivity index (χ0v) is 14.2. The smallest absolute Gasteiger partial charge is 0.192 e. The third-order valence-corrected chi connectivity index (χ3v) is 9.14. The van der Waals surface area contributed by atoms with Gasteiger partial charge in [-0.1, -0.05) is 20.8 Å². The molecule has 0 aromatic heterocycles. The molecule has 2 aliphatic rings. The fourth-order valence-corrected chi connectivity index (χ4v) is 3.92. The van der Waals surface area contributed by atoms with Gasteiger partial charge in [0.2, 0.25) is 0 Å². The average Bonchev–Trinajstić information content (AvgIpc) is 2.62. The Morgan fingerprint density at radius 3 is 2.21 bits per heavy atom. The zero-order valence-electron chi connectivity index (χ0n) is 13.2. The monoisotopic (exact) mass is 288 g/mol. The molecule has 112 valence electrons. The van der Waals surface area contributed by atoms with Crippen molar-refractivity contribution < 1.29 is 19.0 Å². The number of hydrogen-bond donors (Lipinski definition) is 1. The summed E-state index contributed by atoms with van der Waals surface area (Å²) in [4.78, 5) is 0. The third kappa shape index (κ3) is 2.90. The molecule has 0 amide bonds. The maximum atomic E-state index is 10.1. The molecule has 2 fully saturated rings. The molecule has 4 nitrogen and oxygen atoms in total. The normalized spacial score (nSPS) is 38.5. The SMILES string of the molecule is CC1(C)O[C@@H]2[C@H](O1)[C@H](O)C[C@H]2O[Si](C)(C)C(C)(C)C. The largest absolute Gasteiger partial charge is 0.411 e. The van der Waals surface area contributed by atoms with Crippen LogP contribution in [0.3, 0.4) is 0 Å². The molecule has 1 saturated carbocycles. The molecular weight excluding hydrogens is 260 g/mol. The molecule has 0 aromatic rings. The van der Waals surface area contributed by atoms with E-state index >= 15 is 0 Å². The highest BCUT2D eigenvalue weighted by Gasteiger charge is 2.56. The van der Waals surface area contributed by atoms with Crippen LogP contribution in [-0.4, -0.2) is 43.6 Å². The summed E-state index contributed by atoms with van der Waals surface area (Å²) >= 11 is 0. The summed E-state index contributed by atoms with van der Waals surface area (Å²) in [5, 5.41) is 10.3. The molecule has 1 aliphatic heterocycles. The number of aliphatic hydroxyl groups excluding tert-OH is 1. The molecule has 0 unspecified atom stereocenters. The molecule has 2 rings (SSSR count). The fraction of sp³-hybridized carbons (Fsp3) is 1.00. The van der Waals surface area contributed by atoms with E-state index < -0.39 is 20.2 Å². The van der Waals surface area contributed by atoms with Crippen molar-refractivity contribution in [2.75, 3.05) is 0 Å². The Kier molecular flexibility index (Phi) is 3.68. The van der Waals surface area contributed by atoms with E-state index in [1.165, 1.54) is 0 Å². The van der Waals surface area contributed by atoms with Crippen molar-refractivity contribution >= 4 is 8.32 Å². The number of aliphatic hydroxyl groups is 1. The van der Waals surface area contributed by atoms with E-state index in [9.17, 15) is 5.11 Å². The van der Waals surface area contributed by atoms with Crippen molar-refractivity contribution in [1.82, 2.24) is 0 Å². The number of hydrogen-bond acceptors (Lipinski definition) is 4. The van der Waals surface area contributed by atoms with Crippen molar-refractivity contribution in [3.63, 3.8) is 0 Å². The Labute approximate surface area is 117 Å². The van der Waals surface area contributed by atoms with Crippen molar-refractivity contribution in [2.24, 2.45) is 0 Å². The van der Waals surface area contributed by atoms with Gasteiger partial charge in [-0.2, -0.15) is 0 Å². The van der Waals surface area contributed by atoms with Crippen molar-refractivity contribution in [3.8, 4) is 0 Å². The molecule has 1 aliphatic carbocycles. The van der Waals surface area contributed by atoms with Crippen LogP contribution in [0.25, 0.3) is 0 Å². The van der Waals surface area contributed by atoms with E-state index in [1.54, 1.807) is 0 Å². The number of ether oxygens (including phenoxy) is 2. The summed E-state index contributed by atoms with van der Waals surface area (Å²) in [6.07, 6.45) is -0.314. The lowest BCUT2D eigenvalue weighted by Gasteiger charge is -2.39. The molecular formula is C14H28O4Si. The van der Waals surface area contributed by atoms with Gasteiger partial charge in [0.15, 0.2) is 14.1 Å². The molecule has 19 heavy (non-hydrogen) atoms. The van der Waals surface area contributed by atoms with Gasteiger partial charge in [0.1, 0.15) is 12.2 Å². The van der Waals surface area contributed by atoms with Crippen molar-refractivity contribution in [2.45, 2.75) is 89.4 Å². The highest BCUT2D eigenvalue weighted by atomic mass is 28.4. The minimum absolute atomic E-state index is 0.0531. The van der Waals surface area contributed by atoms with E-state index in [4.69, 9.17) is 13.9 Å². The first-order valence-electron chi connectivity index (χ1n) is 7.14. The topological polar surface area (TPSA) is 47.9 Å². The Morgan fingerprint density at radius 2 is 1.68 bits per heavy atom. The van der Waals surface area contributed by atoms with E-state index in [1.807, 2.05) is 13.8 Å². The van der Waals surface area contributed by atoms with Crippen LogP contribution in [0.4, 0.5) is 0 Å². The molecule has 5 heteroatoms. The van der Waals surface area contributed by atoms with Gasteiger partial charge in [-0.3, -0.25) is 0 Å². The van der Waals surface area contributed by atoms with Crippen LogP contribution >= 0.6 is 0 Å². The zero-order chi connectivity index (χ0) is 14.6. The van der Waals surface area contributed by atoms with Crippen molar-refractivity contribution in [1.29, 1.82) is 0 Å². The van der Waals surface area contributed by atoms with Crippen LogP contribution in [0.15, 0.2) is 0 Å². The summed E-state index contributed by atoms with van der Waals surface area (Å²) in [6.45, 7) is 14.9. The van der Waals surface area contributed by atoms with Crippen molar-refractivity contribution in [3.05, 3.63) is 0 Å². The highest BCUT2D eigenvalue weighted by Crippen LogP contribution is 2.44. The minimum atomic E-state index is -1.85. The molecule has 1 saturated heterocycles. The summed E-state index contributed by atoms with van der Waals surface area (Å²) in [5.41, 5.74) is 0. The number of fused-ring (bicyclic) bond motifs is 1. The van der Waals surface area contributed by atoms with Gasteiger partial charge in [0, 0.05) is 6.42 Å². The lowest BCUT2D eigenvalue weighted by Crippen LogP contribution is -2.46. The number of rotatable bonds is 2. The summed E-state index contributed by atoms with van der Waals surface area (Å²) in [7, 11) is -1.85. The maximum Gasteiger partial charge on any atom is 0.192 e. The molecule has 0 bridgehead atoms. The van der Waals surface area contributed by atoms with Crippen LogP contribution in [0.2, 0.25) is 18.1 Å². The Hall–Kier alpha value is 0.0569. The maximum absolute atomic E-state index is 10.1. The second kappa shape index (κ2) is 4.53. The third-order valence-electron chi connectivity index (χ3n) is 4.64. The predicted octanol–water partition coefficient (Wildman–Crippen LogP) is 2.66. The van der Waals surface area contributed by atoms with Gasteiger partial charge in [0.25, 0.3) is 0 Å². The van der Waals surface area contributed by atoms with E-state index in [-0.39, 0.29) is 23.4 Å². The van der Waals surface area contributed by atoms with Gasteiger partial charge in [-0.25, -0.2) is 0 Å². The lowest BCUT2D eigenvalue weighted by atomic mass is 10.2. The van der Waals surface area contributed by atoms with Crippen LogP contribution in [0, 0.1) is 0 Å². The predicted molar refractivity (Wildman–Crippen MR) is 76.5 cm³/mol. The second-order valence-corrected chi connectivity index (χ2v) is 12.5. The molecule has 0 spiro atoms. The molecule has 1 N–H and O–H groups in total. The average molecular weight is 288 g/mol. The van der Waals surface area contributed by atoms with Crippen LogP contribution in [0.1, 0.15) is 41.0 Å². The van der Waals surface area contributed by atoms with Gasteiger partial charge < -0.3 is 19.0 Å². The summed E-state index contributed by atoms with van der Waals surface area (Å²) in [6, 6.07) is 0. The molecule has 0 radical (unpaired) electrons. The first kappa shape index (κ1) is 15.4. The van der Waals surface area contributed by atoms with Gasteiger partial charge in [-0.05, 0) is 32.0 Å². The van der Waals surface area contributed by atoms with Crippen LogP contribution in [-0.2, 0) is 13.9 Å². The Balaban J connectivity index is 2.11. The molecule has 4 atom stereocenters. The first-order valence-corrected chi connectivity index (χ1v) is 10.1. The van der Waals surface area contributed by atoms with Crippen LogP contribution in [0.5, 0.6) is 0 Å². The van der Waals surface area contributed by atoms with E-state index in [0.717, 1.165) is 0 Å². The second-order valence-electron chi connectivity index (χ2n) is 7.78. The van der Waals surface area contributed by atoms with Crippen LogP contribution < -0.4 is 0 Å². The Morgan fingerprint density at radius 1 is 1.16 bits per heavy atom.